The summed E-state index contributed by atoms with van der Waals surface area (Å²) in [6.07, 6.45) is 4.14. The van der Waals surface area contributed by atoms with Gasteiger partial charge in [-0.2, -0.15) is 0 Å². The van der Waals surface area contributed by atoms with Crippen molar-refractivity contribution in [2.75, 3.05) is 0 Å². The van der Waals surface area contributed by atoms with Crippen molar-refractivity contribution in [1.82, 2.24) is 14.5 Å². The minimum Gasteiger partial charge on any atom is -0.295 e. The number of aromatic nitrogens is 3. The van der Waals surface area contributed by atoms with Gasteiger partial charge >= 0.3 is 0 Å². The highest BCUT2D eigenvalue weighted by molar-refractivity contribution is 5.81. The molecule has 1 atom stereocenters. The number of hydrogen-bond donors (Lipinski definition) is 0. The van der Waals surface area contributed by atoms with Crippen molar-refractivity contribution in [2.45, 2.75) is 33.2 Å². The summed E-state index contributed by atoms with van der Waals surface area (Å²) >= 11 is 0. The Kier molecular flexibility index (Phi) is 3.75. The Balaban J connectivity index is 2.03. The lowest BCUT2D eigenvalue weighted by Gasteiger charge is -2.15. The van der Waals surface area contributed by atoms with Gasteiger partial charge in [-0.1, -0.05) is 12.1 Å². The summed E-state index contributed by atoms with van der Waals surface area (Å²) in [4.78, 5) is 21.6. The molecule has 112 valence electrons. The molecule has 0 N–H and O–H groups in total. The zero-order valence-electron chi connectivity index (χ0n) is 13.1. The predicted octanol–water partition coefficient (Wildman–Crippen LogP) is 3.21. The maximum absolute atomic E-state index is 12.7. The standard InChI is InChI=1S/C18H19N3O/c1-12-7-8-16-17(14(12)3)20-11-21(18(16)22)13(2)10-15-6-4-5-9-19-15/h4-9,11,13H,10H2,1-3H3/t13-/m0/s1. The van der Waals surface area contributed by atoms with E-state index in [1.165, 1.54) is 0 Å². The first-order valence-corrected chi connectivity index (χ1v) is 7.45. The topological polar surface area (TPSA) is 47.8 Å². The van der Waals surface area contributed by atoms with Crippen molar-refractivity contribution in [3.63, 3.8) is 0 Å². The molecule has 0 radical (unpaired) electrons. The highest BCUT2D eigenvalue weighted by Gasteiger charge is 2.13. The molecule has 0 aliphatic rings. The van der Waals surface area contributed by atoms with Gasteiger partial charge in [0.25, 0.3) is 5.56 Å². The number of nitrogens with zero attached hydrogens (tertiary/aromatic N) is 3. The van der Waals surface area contributed by atoms with Gasteiger partial charge in [0.2, 0.25) is 0 Å². The van der Waals surface area contributed by atoms with Crippen LogP contribution in [0.15, 0.2) is 47.7 Å². The van der Waals surface area contributed by atoms with Gasteiger partial charge in [0.15, 0.2) is 0 Å². The second kappa shape index (κ2) is 5.72. The molecule has 4 heteroatoms. The number of rotatable bonds is 3. The molecule has 0 bridgehead atoms. The molecular formula is C18H19N3O. The molecule has 2 heterocycles. The lowest BCUT2D eigenvalue weighted by molar-refractivity contribution is 0.517. The number of benzene rings is 1. The zero-order valence-corrected chi connectivity index (χ0v) is 13.1. The molecule has 0 fully saturated rings. The summed E-state index contributed by atoms with van der Waals surface area (Å²) < 4.78 is 1.70. The molecule has 0 unspecified atom stereocenters. The smallest absolute Gasteiger partial charge is 0.261 e. The normalized spacial score (nSPS) is 12.5. The Morgan fingerprint density at radius 3 is 2.68 bits per heavy atom. The molecule has 0 spiro atoms. The highest BCUT2D eigenvalue weighted by atomic mass is 16.1. The second-order valence-corrected chi connectivity index (χ2v) is 5.73. The van der Waals surface area contributed by atoms with E-state index in [0.717, 1.165) is 22.3 Å². The molecule has 0 amide bonds. The lowest BCUT2D eigenvalue weighted by Crippen LogP contribution is -2.25. The molecule has 3 aromatic rings. The van der Waals surface area contributed by atoms with E-state index in [1.54, 1.807) is 17.1 Å². The van der Waals surface area contributed by atoms with Crippen molar-refractivity contribution in [3.05, 3.63) is 70.0 Å². The first kappa shape index (κ1) is 14.4. The van der Waals surface area contributed by atoms with Gasteiger partial charge in [-0.15, -0.1) is 0 Å². The van der Waals surface area contributed by atoms with Crippen LogP contribution in [-0.4, -0.2) is 14.5 Å². The monoisotopic (exact) mass is 293 g/mol. The van der Waals surface area contributed by atoms with Gasteiger partial charge in [0, 0.05) is 24.4 Å². The first-order valence-electron chi connectivity index (χ1n) is 7.45. The lowest BCUT2D eigenvalue weighted by atomic mass is 10.1. The molecule has 4 nitrogen and oxygen atoms in total. The molecule has 1 aromatic carbocycles. The summed E-state index contributed by atoms with van der Waals surface area (Å²) in [6, 6.07) is 9.70. The van der Waals surface area contributed by atoms with Gasteiger partial charge < -0.3 is 0 Å². The van der Waals surface area contributed by atoms with Gasteiger partial charge in [-0.05, 0) is 50.1 Å². The van der Waals surface area contributed by atoms with Gasteiger partial charge in [0.1, 0.15) is 0 Å². The maximum Gasteiger partial charge on any atom is 0.261 e. The van der Waals surface area contributed by atoms with E-state index in [2.05, 4.69) is 9.97 Å². The van der Waals surface area contributed by atoms with Crippen molar-refractivity contribution >= 4 is 10.9 Å². The van der Waals surface area contributed by atoms with Crippen LogP contribution in [0.4, 0.5) is 0 Å². The molecular weight excluding hydrogens is 274 g/mol. The third-order valence-electron chi connectivity index (χ3n) is 4.18. The van der Waals surface area contributed by atoms with E-state index in [9.17, 15) is 4.79 Å². The Bertz CT molecular complexity index is 869. The third-order valence-corrected chi connectivity index (χ3v) is 4.18. The summed E-state index contributed by atoms with van der Waals surface area (Å²) in [7, 11) is 0. The van der Waals surface area contributed by atoms with Gasteiger partial charge in [-0.25, -0.2) is 4.98 Å². The van der Waals surface area contributed by atoms with Crippen molar-refractivity contribution in [3.8, 4) is 0 Å². The molecule has 0 saturated carbocycles. The van der Waals surface area contributed by atoms with E-state index in [-0.39, 0.29) is 11.6 Å². The summed E-state index contributed by atoms with van der Waals surface area (Å²) in [5, 5.41) is 0.679. The number of pyridine rings is 1. The quantitative estimate of drug-likeness (QED) is 0.745. The molecule has 0 aliphatic heterocycles. The van der Waals surface area contributed by atoms with Crippen LogP contribution in [0, 0.1) is 13.8 Å². The van der Waals surface area contributed by atoms with Crippen LogP contribution < -0.4 is 5.56 Å². The fourth-order valence-corrected chi connectivity index (χ4v) is 2.69. The van der Waals surface area contributed by atoms with E-state index >= 15 is 0 Å². The number of hydrogen-bond acceptors (Lipinski definition) is 3. The molecule has 22 heavy (non-hydrogen) atoms. The maximum atomic E-state index is 12.7. The van der Waals surface area contributed by atoms with Crippen LogP contribution in [0.25, 0.3) is 10.9 Å². The molecule has 0 aliphatic carbocycles. The minimum atomic E-state index is 0.0107. The van der Waals surface area contributed by atoms with Crippen LogP contribution in [0.2, 0.25) is 0 Å². The molecule has 0 saturated heterocycles. The predicted molar refractivity (Wildman–Crippen MR) is 88.1 cm³/mol. The number of aryl methyl sites for hydroxylation is 2. The van der Waals surface area contributed by atoms with E-state index in [0.29, 0.717) is 11.8 Å². The van der Waals surface area contributed by atoms with Crippen LogP contribution in [0.5, 0.6) is 0 Å². The summed E-state index contributed by atoms with van der Waals surface area (Å²) in [5.74, 6) is 0. The molecule has 3 rings (SSSR count). The van der Waals surface area contributed by atoms with Gasteiger partial charge in [-0.3, -0.25) is 14.3 Å². The Morgan fingerprint density at radius 2 is 1.95 bits per heavy atom. The molecule has 2 aromatic heterocycles. The largest absolute Gasteiger partial charge is 0.295 e. The SMILES string of the molecule is Cc1ccc2c(=O)n([C@@H](C)Cc3ccccn3)cnc2c1C. The van der Waals surface area contributed by atoms with Crippen LogP contribution in [0.3, 0.4) is 0 Å². The van der Waals surface area contributed by atoms with Crippen molar-refractivity contribution in [1.29, 1.82) is 0 Å². The average molecular weight is 293 g/mol. The van der Waals surface area contributed by atoms with E-state index in [4.69, 9.17) is 0 Å². The van der Waals surface area contributed by atoms with Crippen LogP contribution >= 0.6 is 0 Å². The van der Waals surface area contributed by atoms with Crippen molar-refractivity contribution < 1.29 is 0 Å². The Morgan fingerprint density at radius 1 is 1.14 bits per heavy atom. The highest BCUT2D eigenvalue weighted by Crippen LogP contribution is 2.18. The van der Waals surface area contributed by atoms with E-state index in [1.807, 2.05) is 51.1 Å². The second-order valence-electron chi connectivity index (χ2n) is 5.73. The number of fused-ring (bicyclic) bond motifs is 1. The fraction of sp³-hybridized carbons (Fsp3) is 0.278. The van der Waals surface area contributed by atoms with Gasteiger partial charge in [0.05, 0.1) is 17.2 Å². The van der Waals surface area contributed by atoms with E-state index < -0.39 is 0 Å². The van der Waals surface area contributed by atoms with Crippen LogP contribution in [-0.2, 0) is 6.42 Å². The van der Waals surface area contributed by atoms with Crippen LogP contribution in [0.1, 0.15) is 29.8 Å². The summed E-state index contributed by atoms with van der Waals surface area (Å²) in [6.45, 7) is 6.06. The Labute approximate surface area is 129 Å². The third kappa shape index (κ3) is 2.52. The summed E-state index contributed by atoms with van der Waals surface area (Å²) in [5.41, 5.74) is 4.00. The van der Waals surface area contributed by atoms with Crippen molar-refractivity contribution in [2.24, 2.45) is 0 Å². The first-order chi connectivity index (χ1) is 10.6. The average Bonchev–Trinajstić information content (AvgIpc) is 2.52. The fourth-order valence-electron chi connectivity index (χ4n) is 2.69. The zero-order chi connectivity index (χ0) is 15.7. The Hall–Kier alpha value is -2.49. The minimum absolute atomic E-state index is 0.0107.